The van der Waals surface area contributed by atoms with Gasteiger partial charge in [0.1, 0.15) is 5.65 Å². The number of nitrogens with zero attached hydrogens (tertiary/aromatic N) is 3. The van der Waals surface area contributed by atoms with Gasteiger partial charge in [-0.1, -0.05) is 97.1 Å². The number of pyridine rings is 1. The van der Waals surface area contributed by atoms with E-state index in [4.69, 9.17) is 4.98 Å². The van der Waals surface area contributed by atoms with Crippen LogP contribution in [-0.2, 0) is 0 Å². The lowest BCUT2D eigenvalue weighted by Crippen LogP contribution is -1.94. The van der Waals surface area contributed by atoms with Gasteiger partial charge >= 0.3 is 0 Å². The maximum Gasteiger partial charge on any atom is 0.138 e. The highest BCUT2D eigenvalue weighted by molar-refractivity contribution is 7.26. The topological polar surface area (TPSA) is 22.2 Å². The zero-order chi connectivity index (χ0) is 29.2. The van der Waals surface area contributed by atoms with Crippen molar-refractivity contribution in [1.29, 1.82) is 0 Å². The second kappa shape index (κ2) is 8.47. The first-order valence-corrected chi connectivity index (χ1v) is 16.1. The molecule has 0 aliphatic heterocycles. The summed E-state index contributed by atoms with van der Waals surface area (Å²) in [6, 6.07) is 50.9. The normalized spacial score (nSPS) is 12.4. The summed E-state index contributed by atoms with van der Waals surface area (Å²) >= 11 is 1.88. The third kappa shape index (κ3) is 3.02. The zero-order valence-corrected chi connectivity index (χ0v) is 24.8. The summed E-state index contributed by atoms with van der Waals surface area (Å²) in [5.41, 5.74) is 9.19. The van der Waals surface area contributed by atoms with Gasteiger partial charge in [-0.05, 0) is 53.2 Å². The molecule has 0 fully saturated rings. The van der Waals surface area contributed by atoms with E-state index in [0.29, 0.717) is 0 Å². The van der Waals surface area contributed by atoms with Gasteiger partial charge in [0.05, 0.1) is 27.8 Å². The Morgan fingerprint density at radius 3 is 2.24 bits per heavy atom. The lowest BCUT2D eigenvalue weighted by molar-refractivity contribution is 1.19. The summed E-state index contributed by atoms with van der Waals surface area (Å²) < 4.78 is 7.49. The minimum Gasteiger partial charge on any atom is -0.309 e. The van der Waals surface area contributed by atoms with E-state index in [1.165, 1.54) is 80.2 Å². The highest BCUT2D eigenvalue weighted by atomic mass is 32.1. The molecule has 0 saturated carbocycles. The van der Waals surface area contributed by atoms with E-state index in [1.54, 1.807) is 0 Å². The lowest BCUT2D eigenvalue weighted by atomic mass is 10.0. The molecular formula is C41H23N3S. The number of imidazole rings is 1. The number of benzene rings is 6. The predicted molar refractivity (Wildman–Crippen MR) is 192 cm³/mol. The van der Waals surface area contributed by atoms with Gasteiger partial charge in [-0.3, -0.25) is 4.40 Å². The SMILES string of the molecule is c1ccc(-c2nc3cccc4c5cc(-n6c7ccc8ccccc8c7c7ccc8sc9ccccc9c8c76)ccc5c2n34)cc1. The van der Waals surface area contributed by atoms with E-state index in [9.17, 15) is 0 Å². The first-order chi connectivity index (χ1) is 22.3. The summed E-state index contributed by atoms with van der Waals surface area (Å²) in [6.07, 6.45) is 0. The minimum absolute atomic E-state index is 0.980. The first-order valence-electron chi connectivity index (χ1n) is 15.3. The number of hydrogen-bond donors (Lipinski definition) is 0. The Kier molecular flexibility index (Phi) is 4.46. The Bertz CT molecular complexity index is 2970. The highest BCUT2D eigenvalue weighted by Crippen LogP contribution is 2.45. The van der Waals surface area contributed by atoms with Gasteiger partial charge < -0.3 is 4.57 Å². The number of fused-ring (bicyclic) bond motifs is 12. The van der Waals surface area contributed by atoms with Crippen molar-refractivity contribution in [2.24, 2.45) is 0 Å². The molecule has 208 valence electrons. The molecule has 0 aliphatic carbocycles. The molecule has 0 spiro atoms. The molecule has 5 heterocycles. The van der Waals surface area contributed by atoms with Gasteiger partial charge in [-0.25, -0.2) is 4.98 Å². The monoisotopic (exact) mass is 589 g/mol. The molecule has 11 rings (SSSR count). The zero-order valence-electron chi connectivity index (χ0n) is 24.0. The second-order valence-corrected chi connectivity index (χ2v) is 13.0. The van der Waals surface area contributed by atoms with Crippen LogP contribution in [0.2, 0.25) is 0 Å². The van der Waals surface area contributed by atoms with E-state index < -0.39 is 0 Å². The molecule has 45 heavy (non-hydrogen) atoms. The Morgan fingerprint density at radius 2 is 1.31 bits per heavy atom. The molecule has 0 unspecified atom stereocenters. The number of aromatic nitrogens is 3. The summed E-state index contributed by atoms with van der Waals surface area (Å²) in [5.74, 6) is 0. The largest absolute Gasteiger partial charge is 0.309 e. The molecule has 4 heteroatoms. The fourth-order valence-electron chi connectivity index (χ4n) is 7.79. The number of hydrogen-bond acceptors (Lipinski definition) is 2. The quantitative estimate of drug-likeness (QED) is 0.197. The average molecular weight is 590 g/mol. The van der Waals surface area contributed by atoms with Crippen molar-refractivity contribution in [2.75, 3.05) is 0 Å². The number of thiophene rings is 1. The van der Waals surface area contributed by atoms with Crippen LogP contribution in [0.3, 0.4) is 0 Å². The first kappa shape index (κ1) is 23.7. The third-order valence-electron chi connectivity index (χ3n) is 9.64. The van der Waals surface area contributed by atoms with Crippen LogP contribution in [0.4, 0.5) is 0 Å². The van der Waals surface area contributed by atoms with Crippen molar-refractivity contribution >= 4 is 91.5 Å². The molecule has 0 atom stereocenters. The van der Waals surface area contributed by atoms with Gasteiger partial charge in [0, 0.05) is 53.0 Å². The lowest BCUT2D eigenvalue weighted by Gasteiger charge is -2.10. The standard InChI is InChI=1S/C41H23N3S/c1-2-10-25(11-3-1)39-41-28-19-18-26(23-31(28)32-14-8-16-36(42-39)44(32)41)43-33-21-17-24-9-4-5-12-27(24)37(33)30-20-22-35-38(40(30)43)29-13-6-7-15-34(29)45-35/h1-23H. The van der Waals surface area contributed by atoms with Crippen LogP contribution in [0.1, 0.15) is 0 Å². The smallest absolute Gasteiger partial charge is 0.138 e. The van der Waals surface area contributed by atoms with Crippen LogP contribution in [0.25, 0.3) is 97.1 Å². The van der Waals surface area contributed by atoms with Gasteiger partial charge in [0.2, 0.25) is 0 Å². The molecule has 11 aromatic rings. The Hall–Kier alpha value is -5.71. The van der Waals surface area contributed by atoms with Crippen LogP contribution < -0.4 is 0 Å². The van der Waals surface area contributed by atoms with Crippen molar-refractivity contribution in [1.82, 2.24) is 14.0 Å². The van der Waals surface area contributed by atoms with Crippen LogP contribution >= 0.6 is 11.3 Å². The number of rotatable bonds is 2. The van der Waals surface area contributed by atoms with Gasteiger partial charge in [0.25, 0.3) is 0 Å². The van der Waals surface area contributed by atoms with Gasteiger partial charge in [0.15, 0.2) is 0 Å². The van der Waals surface area contributed by atoms with Crippen LogP contribution in [0.15, 0.2) is 140 Å². The second-order valence-electron chi connectivity index (χ2n) is 12.0. The van der Waals surface area contributed by atoms with Crippen molar-refractivity contribution in [3.8, 4) is 16.9 Å². The molecule has 3 nitrogen and oxygen atoms in total. The van der Waals surface area contributed by atoms with E-state index in [-0.39, 0.29) is 0 Å². The van der Waals surface area contributed by atoms with Crippen molar-refractivity contribution in [3.05, 3.63) is 140 Å². The van der Waals surface area contributed by atoms with Crippen LogP contribution in [0.5, 0.6) is 0 Å². The molecule has 0 aliphatic rings. The highest BCUT2D eigenvalue weighted by Gasteiger charge is 2.22. The Labute approximate surface area is 261 Å². The fourth-order valence-corrected chi connectivity index (χ4v) is 8.90. The summed E-state index contributed by atoms with van der Waals surface area (Å²) in [4.78, 5) is 5.09. The molecular weight excluding hydrogens is 567 g/mol. The summed E-state index contributed by atoms with van der Waals surface area (Å²) in [7, 11) is 0. The maximum atomic E-state index is 5.09. The molecule has 0 radical (unpaired) electrons. The van der Waals surface area contributed by atoms with Crippen molar-refractivity contribution in [3.63, 3.8) is 0 Å². The van der Waals surface area contributed by atoms with Crippen LogP contribution in [0, 0.1) is 0 Å². The van der Waals surface area contributed by atoms with E-state index >= 15 is 0 Å². The summed E-state index contributed by atoms with van der Waals surface area (Å²) in [5, 5.41) is 10.3. The van der Waals surface area contributed by atoms with E-state index in [2.05, 4.69) is 148 Å². The molecule has 0 saturated heterocycles. The van der Waals surface area contributed by atoms with Crippen LogP contribution in [-0.4, -0.2) is 14.0 Å². The van der Waals surface area contributed by atoms with Crippen molar-refractivity contribution in [2.45, 2.75) is 0 Å². The Balaban J connectivity index is 1.31. The Morgan fingerprint density at radius 1 is 0.489 bits per heavy atom. The van der Waals surface area contributed by atoms with Crippen molar-refractivity contribution < 1.29 is 0 Å². The molecule has 0 amide bonds. The van der Waals surface area contributed by atoms with E-state index in [1.807, 2.05) is 11.3 Å². The third-order valence-corrected chi connectivity index (χ3v) is 10.8. The molecule has 5 aromatic heterocycles. The van der Waals surface area contributed by atoms with E-state index in [0.717, 1.165) is 16.9 Å². The fraction of sp³-hybridized carbons (Fsp3) is 0. The predicted octanol–water partition coefficient (Wildman–Crippen LogP) is 11.4. The van der Waals surface area contributed by atoms with Gasteiger partial charge in [-0.15, -0.1) is 11.3 Å². The maximum absolute atomic E-state index is 5.09. The minimum atomic E-state index is 0.980. The molecule has 6 aromatic carbocycles. The molecule has 0 bridgehead atoms. The average Bonchev–Trinajstić information content (AvgIpc) is 3.85. The van der Waals surface area contributed by atoms with Gasteiger partial charge in [-0.2, -0.15) is 0 Å². The molecule has 0 N–H and O–H groups in total. The summed E-state index contributed by atoms with van der Waals surface area (Å²) in [6.45, 7) is 0.